The second kappa shape index (κ2) is 2.51. The lowest BCUT2D eigenvalue weighted by molar-refractivity contribution is -0.125. The molecule has 0 bridgehead atoms. The highest BCUT2D eigenvalue weighted by Crippen LogP contribution is 2.25. The minimum Gasteiger partial charge on any atom is -0.299 e. The molecule has 1 rings (SSSR count). The van der Waals surface area contributed by atoms with Crippen LogP contribution in [-0.2, 0) is 4.79 Å². The fourth-order valence-corrected chi connectivity index (χ4v) is 1.39. The Kier molecular flexibility index (Phi) is 1.89. The van der Waals surface area contributed by atoms with Gasteiger partial charge in [0.25, 0.3) is 0 Å². The molecule has 0 spiro atoms. The van der Waals surface area contributed by atoms with Crippen molar-refractivity contribution in [3.05, 3.63) is 0 Å². The molecule has 1 heteroatoms. The summed E-state index contributed by atoms with van der Waals surface area (Å²) < 4.78 is 0. The number of hydrogen-bond acceptors (Lipinski definition) is 1. The Labute approximate surface area is 56.4 Å². The molecule has 1 aliphatic rings. The molecule has 1 nitrogen and oxygen atoms in total. The molecule has 52 valence electrons. The van der Waals surface area contributed by atoms with E-state index in [9.17, 15) is 4.79 Å². The first kappa shape index (κ1) is 6.79. The van der Waals surface area contributed by atoms with Crippen LogP contribution in [0.15, 0.2) is 0 Å². The Balaban J connectivity index is 2.51. The van der Waals surface area contributed by atoms with E-state index >= 15 is 0 Å². The summed E-state index contributed by atoms with van der Waals surface area (Å²) in [5.41, 5.74) is 0. The van der Waals surface area contributed by atoms with Gasteiger partial charge in [0.15, 0.2) is 0 Å². The summed E-state index contributed by atoms with van der Waals surface area (Å²) in [6.45, 7) is 4.22. The van der Waals surface area contributed by atoms with Crippen molar-refractivity contribution in [2.24, 2.45) is 11.8 Å². The molecule has 1 saturated carbocycles. The number of hydrogen-bond donors (Lipinski definition) is 0. The van der Waals surface area contributed by atoms with Gasteiger partial charge in [0, 0.05) is 12.3 Å². The van der Waals surface area contributed by atoms with Crippen molar-refractivity contribution in [3.63, 3.8) is 0 Å². The van der Waals surface area contributed by atoms with Crippen LogP contribution in [0.3, 0.4) is 0 Å². The highest BCUT2D eigenvalue weighted by Gasteiger charge is 2.23. The van der Waals surface area contributed by atoms with Gasteiger partial charge in [0.2, 0.25) is 0 Å². The second-order valence-electron chi connectivity index (χ2n) is 3.12. The number of Topliss-reactive ketones (excluding diaryl/α,β-unsaturated/α-hetero) is 1. The van der Waals surface area contributed by atoms with Crippen LogP contribution in [0.4, 0.5) is 0 Å². The molecule has 0 aromatic rings. The summed E-state index contributed by atoms with van der Waals surface area (Å²) in [5.74, 6) is 1.43. The van der Waals surface area contributed by atoms with E-state index < -0.39 is 0 Å². The SMILES string of the molecule is CC1C(=O)CCC[C@@H]1C. The first-order valence-electron chi connectivity index (χ1n) is 3.74. The summed E-state index contributed by atoms with van der Waals surface area (Å²) in [5, 5.41) is 0. The average Bonchev–Trinajstić information content (AvgIpc) is 1.83. The molecule has 0 amide bonds. The summed E-state index contributed by atoms with van der Waals surface area (Å²) in [6.07, 6.45) is 3.18. The van der Waals surface area contributed by atoms with Crippen LogP contribution >= 0.6 is 0 Å². The number of carbonyl (C=O) groups is 1. The van der Waals surface area contributed by atoms with Gasteiger partial charge in [0.05, 0.1) is 0 Å². The van der Waals surface area contributed by atoms with E-state index in [0.29, 0.717) is 17.6 Å². The van der Waals surface area contributed by atoms with Gasteiger partial charge < -0.3 is 0 Å². The molecule has 1 unspecified atom stereocenters. The standard InChI is InChI=1S/C8H14O/c1-6-4-3-5-8(9)7(6)2/h6-7H,3-5H2,1-2H3/t6-,7?/m0/s1. The van der Waals surface area contributed by atoms with Crippen molar-refractivity contribution < 1.29 is 4.79 Å². The normalized spacial score (nSPS) is 36.9. The van der Waals surface area contributed by atoms with E-state index in [1.807, 2.05) is 6.92 Å². The molecule has 1 fully saturated rings. The monoisotopic (exact) mass is 126 g/mol. The quantitative estimate of drug-likeness (QED) is 0.485. The molecular formula is C8H14O. The molecule has 0 saturated heterocycles. The summed E-state index contributed by atoms with van der Waals surface area (Å²) in [6, 6.07) is 0. The van der Waals surface area contributed by atoms with Crippen LogP contribution in [0.1, 0.15) is 33.1 Å². The molecule has 0 aliphatic heterocycles. The first-order chi connectivity index (χ1) is 4.22. The van der Waals surface area contributed by atoms with E-state index in [0.717, 1.165) is 12.8 Å². The maximum atomic E-state index is 11.0. The Bertz CT molecular complexity index is 118. The van der Waals surface area contributed by atoms with Crippen LogP contribution < -0.4 is 0 Å². The van der Waals surface area contributed by atoms with E-state index in [2.05, 4.69) is 6.92 Å². The van der Waals surface area contributed by atoms with Crippen molar-refractivity contribution in [3.8, 4) is 0 Å². The zero-order valence-corrected chi connectivity index (χ0v) is 6.18. The van der Waals surface area contributed by atoms with E-state index in [4.69, 9.17) is 0 Å². The predicted octanol–water partition coefficient (Wildman–Crippen LogP) is 2.01. The van der Waals surface area contributed by atoms with Crippen molar-refractivity contribution in [1.82, 2.24) is 0 Å². The fraction of sp³-hybridized carbons (Fsp3) is 0.875. The minimum atomic E-state index is 0.332. The third-order valence-electron chi connectivity index (χ3n) is 2.44. The van der Waals surface area contributed by atoms with Crippen LogP contribution in [0.2, 0.25) is 0 Å². The Hall–Kier alpha value is -0.330. The van der Waals surface area contributed by atoms with Gasteiger partial charge >= 0.3 is 0 Å². The zero-order valence-electron chi connectivity index (χ0n) is 6.18. The zero-order chi connectivity index (χ0) is 6.85. The fourth-order valence-electron chi connectivity index (χ4n) is 1.39. The van der Waals surface area contributed by atoms with Gasteiger partial charge in [-0.05, 0) is 18.8 Å². The van der Waals surface area contributed by atoms with Gasteiger partial charge in [-0.2, -0.15) is 0 Å². The van der Waals surface area contributed by atoms with Gasteiger partial charge in [-0.15, -0.1) is 0 Å². The Morgan fingerprint density at radius 1 is 1.44 bits per heavy atom. The molecule has 9 heavy (non-hydrogen) atoms. The lowest BCUT2D eigenvalue weighted by Crippen LogP contribution is -2.23. The Morgan fingerprint density at radius 2 is 2.11 bits per heavy atom. The van der Waals surface area contributed by atoms with E-state index in [1.165, 1.54) is 6.42 Å². The molecule has 0 aromatic heterocycles. The lowest BCUT2D eigenvalue weighted by atomic mass is 9.81. The summed E-state index contributed by atoms with van der Waals surface area (Å²) in [4.78, 5) is 11.0. The third kappa shape index (κ3) is 1.32. The van der Waals surface area contributed by atoms with Gasteiger partial charge in [-0.1, -0.05) is 13.8 Å². The molecule has 0 radical (unpaired) electrons. The maximum Gasteiger partial charge on any atom is 0.135 e. The molecule has 0 N–H and O–H groups in total. The first-order valence-corrected chi connectivity index (χ1v) is 3.74. The van der Waals surface area contributed by atoms with Gasteiger partial charge in [-0.25, -0.2) is 0 Å². The topological polar surface area (TPSA) is 17.1 Å². The van der Waals surface area contributed by atoms with Crippen LogP contribution in [0.25, 0.3) is 0 Å². The van der Waals surface area contributed by atoms with Gasteiger partial charge in [-0.3, -0.25) is 4.79 Å². The van der Waals surface area contributed by atoms with Crippen molar-refractivity contribution in [1.29, 1.82) is 0 Å². The summed E-state index contributed by atoms with van der Waals surface area (Å²) >= 11 is 0. The molecule has 0 aromatic carbocycles. The van der Waals surface area contributed by atoms with Crippen LogP contribution in [0.5, 0.6) is 0 Å². The van der Waals surface area contributed by atoms with Crippen molar-refractivity contribution in [2.75, 3.05) is 0 Å². The highest BCUT2D eigenvalue weighted by molar-refractivity contribution is 5.81. The van der Waals surface area contributed by atoms with E-state index in [-0.39, 0.29) is 0 Å². The molecule has 0 heterocycles. The van der Waals surface area contributed by atoms with Crippen molar-refractivity contribution >= 4 is 5.78 Å². The second-order valence-corrected chi connectivity index (χ2v) is 3.12. The molecular weight excluding hydrogens is 112 g/mol. The van der Waals surface area contributed by atoms with Crippen LogP contribution in [-0.4, -0.2) is 5.78 Å². The number of carbonyl (C=O) groups excluding carboxylic acids is 1. The number of ketones is 1. The Morgan fingerprint density at radius 3 is 2.56 bits per heavy atom. The van der Waals surface area contributed by atoms with E-state index in [1.54, 1.807) is 0 Å². The smallest absolute Gasteiger partial charge is 0.135 e. The third-order valence-corrected chi connectivity index (χ3v) is 2.44. The summed E-state index contributed by atoms with van der Waals surface area (Å²) in [7, 11) is 0. The number of rotatable bonds is 0. The lowest BCUT2D eigenvalue weighted by Gasteiger charge is -2.23. The van der Waals surface area contributed by atoms with Crippen molar-refractivity contribution in [2.45, 2.75) is 33.1 Å². The highest BCUT2D eigenvalue weighted by atomic mass is 16.1. The van der Waals surface area contributed by atoms with Gasteiger partial charge in [0.1, 0.15) is 5.78 Å². The predicted molar refractivity (Wildman–Crippen MR) is 37.2 cm³/mol. The maximum absolute atomic E-state index is 11.0. The molecule has 1 aliphatic carbocycles. The minimum absolute atomic E-state index is 0.332. The average molecular weight is 126 g/mol. The molecule has 2 atom stereocenters. The largest absolute Gasteiger partial charge is 0.299 e. The van der Waals surface area contributed by atoms with Crippen LogP contribution in [0, 0.1) is 11.8 Å².